The molecule has 2 N–H and O–H groups in total. The van der Waals surface area contributed by atoms with E-state index < -0.39 is 15.7 Å². The number of anilines is 2. The monoisotopic (exact) mass is 457 g/mol. The van der Waals surface area contributed by atoms with E-state index in [0.29, 0.717) is 28.3 Å². The molecule has 33 heavy (non-hydrogen) atoms. The molecule has 162 valence electrons. The summed E-state index contributed by atoms with van der Waals surface area (Å²) in [6.45, 7) is 0. The van der Waals surface area contributed by atoms with Gasteiger partial charge in [0, 0.05) is 40.5 Å². The van der Waals surface area contributed by atoms with Crippen LogP contribution in [0.2, 0.25) is 0 Å². The van der Waals surface area contributed by atoms with Crippen LogP contribution in [0.15, 0.2) is 71.9 Å². The Hall–Kier alpha value is -4.29. The van der Waals surface area contributed by atoms with Crippen molar-refractivity contribution in [2.24, 2.45) is 0 Å². The summed E-state index contributed by atoms with van der Waals surface area (Å²) < 4.78 is 37.2. The lowest BCUT2D eigenvalue weighted by Gasteiger charge is -2.08. The van der Waals surface area contributed by atoms with Gasteiger partial charge in [-0.1, -0.05) is 6.07 Å². The Morgan fingerprint density at radius 2 is 1.82 bits per heavy atom. The largest absolute Gasteiger partial charge is 0.340 e. The van der Waals surface area contributed by atoms with E-state index in [1.54, 1.807) is 36.7 Å². The number of nitrogens with one attached hydrogen (secondary N) is 2. The van der Waals surface area contributed by atoms with Gasteiger partial charge in [0.25, 0.3) is 0 Å². The molecule has 0 saturated heterocycles. The Labute approximate surface area is 188 Å². The zero-order chi connectivity index (χ0) is 23.0. The van der Waals surface area contributed by atoms with Crippen LogP contribution in [0.4, 0.5) is 15.9 Å². The molecule has 0 saturated carbocycles. The average molecular weight is 457 g/mol. The van der Waals surface area contributed by atoms with Crippen molar-refractivity contribution in [1.82, 2.24) is 20.2 Å². The number of hydrogen-bond acceptors (Lipinski definition) is 6. The average Bonchev–Trinajstić information content (AvgIpc) is 3.22. The minimum Gasteiger partial charge on any atom is -0.340 e. The fourth-order valence-electron chi connectivity index (χ4n) is 3.39. The van der Waals surface area contributed by atoms with Gasteiger partial charge in [0.2, 0.25) is 0 Å². The predicted octanol–water partition coefficient (Wildman–Crippen LogP) is 4.19. The van der Waals surface area contributed by atoms with Crippen LogP contribution in [0.5, 0.6) is 0 Å². The molecular formula is C24H16FN5O2S. The summed E-state index contributed by atoms with van der Waals surface area (Å²) in [7, 11) is -3.26. The third kappa shape index (κ3) is 4.12. The van der Waals surface area contributed by atoms with E-state index in [4.69, 9.17) is 0 Å². The van der Waals surface area contributed by atoms with Crippen LogP contribution in [0, 0.1) is 17.7 Å². The van der Waals surface area contributed by atoms with Gasteiger partial charge < -0.3 is 5.32 Å². The third-order valence-electron chi connectivity index (χ3n) is 5.04. The van der Waals surface area contributed by atoms with Gasteiger partial charge in [-0.2, -0.15) is 5.10 Å². The Morgan fingerprint density at radius 3 is 2.61 bits per heavy atom. The first-order valence-corrected chi connectivity index (χ1v) is 11.7. The molecule has 5 rings (SSSR count). The fraction of sp³-hybridized carbons (Fsp3) is 0.0417. The topological polar surface area (TPSA) is 101 Å². The molecular weight excluding hydrogens is 441 g/mol. The third-order valence-corrected chi connectivity index (χ3v) is 6.17. The number of halogens is 1. The van der Waals surface area contributed by atoms with Crippen molar-refractivity contribution in [1.29, 1.82) is 0 Å². The van der Waals surface area contributed by atoms with Crippen LogP contribution in [-0.2, 0) is 9.84 Å². The number of benzene rings is 2. The lowest BCUT2D eigenvalue weighted by Crippen LogP contribution is -1.98. The molecule has 0 unspecified atom stereocenters. The zero-order valence-corrected chi connectivity index (χ0v) is 18.1. The van der Waals surface area contributed by atoms with E-state index in [1.807, 2.05) is 12.1 Å². The highest BCUT2D eigenvalue weighted by Gasteiger charge is 2.09. The van der Waals surface area contributed by atoms with Gasteiger partial charge in [-0.05, 0) is 60.4 Å². The Morgan fingerprint density at radius 1 is 1.00 bits per heavy atom. The molecule has 0 atom stereocenters. The molecule has 0 fully saturated rings. The number of para-hydroxylation sites is 1. The number of aromatic amines is 1. The van der Waals surface area contributed by atoms with Crippen molar-refractivity contribution < 1.29 is 12.8 Å². The number of hydrogen-bond donors (Lipinski definition) is 2. The molecule has 3 heterocycles. The Bertz CT molecular complexity index is 1680. The molecule has 0 bridgehead atoms. The molecule has 0 amide bonds. The summed E-state index contributed by atoms with van der Waals surface area (Å²) in [5, 5.41) is 12.2. The van der Waals surface area contributed by atoms with Crippen LogP contribution in [0.1, 0.15) is 11.4 Å². The van der Waals surface area contributed by atoms with Crippen LogP contribution < -0.4 is 5.32 Å². The van der Waals surface area contributed by atoms with Gasteiger partial charge in [0.05, 0.1) is 4.90 Å². The van der Waals surface area contributed by atoms with Crippen LogP contribution in [0.3, 0.4) is 0 Å². The number of nitrogens with zero attached hydrogens (tertiary/aromatic N) is 3. The number of pyridine rings is 2. The van der Waals surface area contributed by atoms with Gasteiger partial charge >= 0.3 is 0 Å². The number of H-pyrrole nitrogens is 1. The van der Waals surface area contributed by atoms with Crippen molar-refractivity contribution in [2.75, 3.05) is 11.6 Å². The van der Waals surface area contributed by atoms with Gasteiger partial charge in [-0.3, -0.25) is 5.10 Å². The van der Waals surface area contributed by atoms with E-state index in [1.165, 1.54) is 24.5 Å². The zero-order valence-electron chi connectivity index (χ0n) is 17.3. The van der Waals surface area contributed by atoms with E-state index in [9.17, 15) is 12.8 Å². The van der Waals surface area contributed by atoms with E-state index in [0.717, 1.165) is 10.8 Å². The predicted molar refractivity (Wildman–Crippen MR) is 124 cm³/mol. The first-order valence-electron chi connectivity index (χ1n) is 9.85. The number of sulfone groups is 1. The van der Waals surface area contributed by atoms with Gasteiger partial charge in [-0.15, -0.1) is 0 Å². The maximum atomic E-state index is 13.9. The molecule has 2 aromatic carbocycles. The number of fused-ring (bicyclic) bond motifs is 2. The molecule has 0 radical (unpaired) electrons. The Kier molecular flexibility index (Phi) is 4.99. The standard InChI is InChI=1S/C24H16FN5O2S/c1-33(31,32)17-7-5-16(6-8-17)28-23-13-19-15(14-27-23)11-12-26-21(19)9-10-22-18-3-2-4-20(25)24(18)30-29-22/h2-8,11-14H,1H3,(H,27,28)(H,29,30). The quantitative estimate of drug-likeness (QED) is 0.394. The van der Waals surface area contributed by atoms with Crippen molar-refractivity contribution >= 4 is 43.0 Å². The highest BCUT2D eigenvalue weighted by molar-refractivity contribution is 7.90. The summed E-state index contributed by atoms with van der Waals surface area (Å²) in [6.07, 6.45) is 4.52. The fourth-order valence-corrected chi connectivity index (χ4v) is 4.02. The van der Waals surface area contributed by atoms with E-state index >= 15 is 0 Å². The summed E-state index contributed by atoms with van der Waals surface area (Å²) in [5.41, 5.74) is 1.97. The SMILES string of the molecule is CS(=O)(=O)c1ccc(Nc2cc3c(C#Cc4[nH]nc5c(F)cccc45)nccc3cn2)cc1. The van der Waals surface area contributed by atoms with Gasteiger partial charge in [0.15, 0.2) is 15.7 Å². The highest BCUT2D eigenvalue weighted by Crippen LogP contribution is 2.23. The first kappa shape index (κ1) is 20.6. The minimum absolute atomic E-state index is 0.241. The second kappa shape index (κ2) is 8.00. The first-order chi connectivity index (χ1) is 15.9. The minimum atomic E-state index is -3.26. The normalized spacial score (nSPS) is 11.3. The van der Waals surface area contributed by atoms with Gasteiger partial charge in [0.1, 0.15) is 22.7 Å². The summed E-state index contributed by atoms with van der Waals surface area (Å²) in [5.74, 6) is 6.18. The molecule has 9 heteroatoms. The molecule has 0 aliphatic rings. The number of aromatic nitrogens is 4. The smallest absolute Gasteiger partial charge is 0.175 e. The number of rotatable bonds is 3. The molecule has 0 aliphatic heterocycles. The maximum Gasteiger partial charge on any atom is 0.175 e. The maximum absolute atomic E-state index is 13.9. The summed E-state index contributed by atoms with van der Waals surface area (Å²) >= 11 is 0. The summed E-state index contributed by atoms with van der Waals surface area (Å²) in [4.78, 5) is 9.04. The second-order valence-electron chi connectivity index (χ2n) is 7.36. The lowest BCUT2D eigenvalue weighted by atomic mass is 10.1. The molecule has 7 nitrogen and oxygen atoms in total. The van der Waals surface area contributed by atoms with Gasteiger partial charge in [-0.25, -0.2) is 22.8 Å². The lowest BCUT2D eigenvalue weighted by molar-refractivity contribution is 0.602. The molecule has 3 aromatic heterocycles. The molecule has 5 aromatic rings. The van der Waals surface area contributed by atoms with Crippen LogP contribution in [0.25, 0.3) is 21.7 Å². The van der Waals surface area contributed by atoms with Crippen LogP contribution >= 0.6 is 0 Å². The van der Waals surface area contributed by atoms with Crippen LogP contribution in [-0.4, -0.2) is 34.8 Å². The molecule has 0 spiro atoms. The second-order valence-corrected chi connectivity index (χ2v) is 9.37. The Balaban J connectivity index is 1.49. The molecule has 0 aliphatic carbocycles. The van der Waals surface area contributed by atoms with Crippen molar-refractivity contribution in [2.45, 2.75) is 4.90 Å². The van der Waals surface area contributed by atoms with E-state index in [-0.39, 0.29) is 10.4 Å². The van der Waals surface area contributed by atoms with Crippen molar-refractivity contribution in [3.63, 3.8) is 0 Å². The van der Waals surface area contributed by atoms with Crippen molar-refractivity contribution in [3.05, 3.63) is 84.2 Å². The van der Waals surface area contributed by atoms with E-state index in [2.05, 4.69) is 37.3 Å². The highest BCUT2D eigenvalue weighted by atomic mass is 32.2. The summed E-state index contributed by atoms with van der Waals surface area (Å²) in [6, 6.07) is 14.8. The van der Waals surface area contributed by atoms with Crippen molar-refractivity contribution in [3.8, 4) is 11.8 Å².